The van der Waals surface area contributed by atoms with Gasteiger partial charge in [0.15, 0.2) is 22.9 Å². The number of ether oxygens (including phenoxy) is 1. The number of rotatable bonds is 12. The number of ketones is 3. The Morgan fingerprint density at radius 1 is 1.07 bits per heavy atom. The van der Waals surface area contributed by atoms with Crippen molar-refractivity contribution in [2.24, 2.45) is 5.41 Å². The van der Waals surface area contributed by atoms with E-state index in [4.69, 9.17) is 25.7 Å². The maximum atomic E-state index is 14.2. The first kappa shape index (κ1) is 33.4. The fourth-order valence-corrected chi connectivity index (χ4v) is 5.74. The Balaban J connectivity index is 1.46. The molecule has 1 saturated heterocycles. The summed E-state index contributed by atoms with van der Waals surface area (Å²) in [5.74, 6) is -1.22. The average molecular weight is 641 g/mol. The Morgan fingerprint density at radius 2 is 1.78 bits per heavy atom. The first-order chi connectivity index (χ1) is 21.6. The predicted molar refractivity (Wildman–Crippen MR) is 181 cm³/mol. The number of allylic oxidation sites excluding steroid dienone is 1. The van der Waals surface area contributed by atoms with Gasteiger partial charge in [-0.25, -0.2) is 4.98 Å². The summed E-state index contributed by atoms with van der Waals surface area (Å²) >= 11 is 6.28. The van der Waals surface area contributed by atoms with Gasteiger partial charge in [0.25, 0.3) is 0 Å². The van der Waals surface area contributed by atoms with Crippen LogP contribution in [0.5, 0.6) is 0 Å². The van der Waals surface area contributed by atoms with E-state index in [-0.39, 0.29) is 28.3 Å². The number of aryl methyl sites for hydroxylation is 1. The van der Waals surface area contributed by atoms with Gasteiger partial charge < -0.3 is 9.15 Å². The molecule has 1 aromatic carbocycles. The number of hydrogen-bond donors (Lipinski definition) is 0. The third kappa shape index (κ3) is 6.62. The van der Waals surface area contributed by atoms with E-state index in [2.05, 4.69) is 39.3 Å². The molecule has 0 aliphatic carbocycles. The second-order valence-corrected chi connectivity index (χ2v) is 14.2. The van der Waals surface area contributed by atoms with E-state index in [1.54, 1.807) is 32.0 Å². The Bertz CT molecular complexity index is 1840. The number of hydrogen-bond acceptors (Lipinski definition) is 7. The Kier molecular flexibility index (Phi) is 9.22. The van der Waals surface area contributed by atoms with Gasteiger partial charge in [0.2, 0.25) is 5.78 Å². The molecule has 0 N–H and O–H groups in total. The van der Waals surface area contributed by atoms with Crippen molar-refractivity contribution in [2.75, 3.05) is 6.61 Å². The van der Waals surface area contributed by atoms with E-state index in [0.717, 1.165) is 35.2 Å². The number of aromatic nitrogens is 2. The van der Waals surface area contributed by atoms with Gasteiger partial charge in [-0.2, -0.15) is 0 Å². The van der Waals surface area contributed by atoms with Gasteiger partial charge >= 0.3 is 0 Å². The number of epoxide rings is 1. The van der Waals surface area contributed by atoms with E-state index in [9.17, 15) is 14.4 Å². The minimum Gasteiger partial charge on any atom is -0.451 e. The second-order valence-electron chi connectivity index (χ2n) is 13.7. The van der Waals surface area contributed by atoms with Crippen LogP contribution in [0.1, 0.15) is 104 Å². The van der Waals surface area contributed by atoms with Crippen LogP contribution in [0, 0.1) is 12.3 Å². The molecule has 0 saturated carbocycles. The van der Waals surface area contributed by atoms with Crippen molar-refractivity contribution >= 4 is 40.1 Å². The maximum absolute atomic E-state index is 14.2. The molecule has 1 aliphatic rings. The molecule has 1 aliphatic heterocycles. The SMILES string of the molecule is C=C(C(=O)c1cc2nc(-c3ccc(Cl)c(C)c3)cc(C(C)(C)C)c2o1)C(C)(C)C(=O)C(CCCC)c1ccc(C(=O)C2CO2)cn1. The van der Waals surface area contributed by atoms with Gasteiger partial charge in [-0.15, -0.1) is 0 Å². The lowest BCUT2D eigenvalue weighted by Gasteiger charge is -2.29. The molecule has 8 heteroatoms. The number of pyridine rings is 2. The number of benzene rings is 1. The number of carbonyl (C=O) groups is 3. The molecule has 4 heterocycles. The third-order valence-electron chi connectivity index (χ3n) is 8.83. The van der Waals surface area contributed by atoms with Crippen molar-refractivity contribution in [3.63, 3.8) is 0 Å². The summed E-state index contributed by atoms with van der Waals surface area (Å²) in [5.41, 5.74) is 4.18. The fourth-order valence-electron chi connectivity index (χ4n) is 5.62. The van der Waals surface area contributed by atoms with E-state index >= 15 is 0 Å². The normalized spacial score (nSPS) is 15.5. The van der Waals surface area contributed by atoms with Gasteiger partial charge in [-0.05, 0) is 68.5 Å². The molecule has 1 fully saturated rings. The summed E-state index contributed by atoms with van der Waals surface area (Å²) in [6, 6.07) is 12.8. The fraction of sp³-hybridized carbons (Fsp3) is 0.395. The zero-order chi connectivity index (χ0) is 33.6. The van der Waals surface area contributed by atoms with Crippen LogP contribution in [-0.2, 0) is 14.9 Å². The van der Waals surface area contributed by atoms with Crippen LogP contribution >= 0.6 is 11.6 Å². The van der Waals surface area contributed by atoms with Crippen molar-refractivity contribution in [3.05, 3.63) is 94.0 Å². The van der Waals surface area contributed by atoms with E-state index in [1.165, 1.54) is 6.20 Å². The maximum Gasteiger partial charge on any atom is 0.224 e. The van der Waals surface area contributed by atoms with Crippen LogP contribution in [0.15, 0.2) is 65.2 Å². The first-order valence-corrected chi connectivity index (χ1v) is 16.1. The Morgan fingerprint density at radius 3 is 2.37 bits per heavy atom. The van der Waals surface area contributed by atoms with Gasteiger partial charge in [0.05, 0.1) is 29.3 Å². The monoisotopic (exact) mass is 640 g/mol. The summed E-state index contributed by atoms with van der Waals surface area (Å²) < 4.78 is 11.3. The minimum absolute atomic E-state index is 0.0803. The highest BCUT2D eigenvalue weighted by atomic mass is 35.5. The number of halogens is 1. The van der Waals surface area contributed by atoms with Crippen molar-refractivity contribution in [1.29, 1.82) is 0 Å². The van der Waals surface area contributed by atoms with Crippen LogP contribution in [0.4, 0.5) is 0 Å². The number of unbranched alkanes of at least 4 members (excludes halogenated alkanes) is 1. The van der Waals surface area contributed by atoms with Crippen molar-refractivity contribution < 1.29 is 23.5 Å². The van der Waals surface area contributed by atoms with Crippen LogP contribution in [0.3, 0.4) is 0 Å². The lowest BCUT2D eigenvalue weighted by Crippen LogP contribution is -2.34. The number of furan rings is 1. The summed E-state index contributed by atoms with van der Waals surface area (Å²) in [6.45, 7) is 18.2. The van der Waals surface area contributed by atoms with E-state index in [1.807, 2.05) is 31.2 Å². The number of fused-ring (bicyclic) bond motifs is 1. The van der Waals surface area contributed by atoms with Crippen LogP contribution in [-0.4, -0.2) is 40.0 Å². The predicted octanol–water partition coefficient (Wildman–Crippen LogP) is 9.04. The van der Waals surface area contributed by atoms with Crippen molar-refractivity contribution in [2.45, 2.75) is 85.2 Å². The molecule has 4 aromatic rings. The second kappa shape index (κ2) is 12.7. The molecule has 0 amide bonds. The van der Waals surface area contributed by atoms with Crippen molar-refractivity contribution in [3.8, 4) is 11.3 Å². The lowest BCUT2D eigenvalue weighted by atomic mass is 9.72. The molecule has 0 bridgehead atoms. The van der Waals surface area contributed by atoms with Crippen molar-refractivity contribution in [1.82, 2.24) is 9.97 Å². The Hall–Kier alpha value is -3.94. The molecule has 7 nitrogen and oxygen atoms in total. The molecule has 5 rings (SSSR count). The Labute approximate surface area is 275 Å². The highest BCUT2D eigenvalue weighted by molar-refractivity contribution is 6.31. The quantitative estimate of drug-likeness (QED) is 0.0864. The molecule has 2 unspecified atom stereocenters. The smallest absolute Gasteiger partial charge is 0.224 e. The van der Waals surface area contributed by atoms with Gasteiger partial charge in [0.1, 0.15) is 11.6 Å². The highest BCUT2D eigenvalue weighted by Gasteiger charge is 2.41. The standard InChI is InChI=1S/C38H41ClN2O5/c1-9-10-11-25(28-15-13-24(19-40-28)34(43)32-20-45-32)36(44)38(7,8)22(3)33(42)31-18-30-35(46-31)26(37(4,5)6)17-29(41-30)23-12-14-27(39)21(2)16-23/h12-19,25,32H,3,9-11,20H2,1-2,4-8H3. The van der Waals surface area contributed by atoms with Gasteiger partial charge in [-0.1, -0.05) is 64.8 Å². The van der Waals surface area contributed by atoms with Crippen LogP contribution in [0.25, 0.3) is 22.4 Å². The molecular formula is C38H41ClN2O5. The summed E-state index contributed by atoms with van der Waals surface area (Å²) in [6.07, 6.45) is 3.35. The van der Waals surface area contributed by atoms with Gasteiger partial charge in [0, 0.05) is 39.5 Å². The lowest BCUT2D eigenvalue weighted by molar-refractivity contribution is -0.127. The largest absolute Gasteiger partial charge is 0.451 e. The summed E-state index contributed by atoms with van der Waals surface area (Å²) in [5, 5.41) is 0.677. The van der Waals surface area contributed by atoms with Crippen LogP contribution in [0.2, 0.25) is 5.02 Å². The third-order valence-corrected chi connectivity index (χ3v) is 9.25. The zero-order valence-corrected chi connectivity index (χ0v) is 28.4. The molecule has 240 valence electrons. The molecule has 0 spiro atoms. The molecule has 2 atom stereocenters. The molecule has 0 radical (unpaired) electrons. The average Bonchev–Trinajstić information content (AvgIpc) is 3.78. The van der Waals surface area contributed by atoms with E-state index < -0.39 is 23.2 Å². The number of carbonyl (C=O) groups excluding carboxylic acids is 3. The number of nitrogens with zero attached hydrogens (tertiary/aromatic N) is 2. The minimum atomic E-state index is -1.22. The summed E-state index contributed by atoms with van der Waals surface area (Å²) in [4.78, 5) is 50.0. The van der Waals surface area contributed by atoms with Crippen LogP contribution < -0.4 is 0 Å². The zero-order valence-electron chi connectivity index (χ0n) is 27.6. The molecule has 46 heavy (non-hydrogen) atoms. The molecular weight excluding hydrogens is 600 g/mol. The van der Waals surface area contributed by atoms with E-state index in [0.29, 0.717) is 40.4 Å². The molecule has 3 aromatic heterocycles. The topological polar surface area (TPSA) is 103 Å². The number of Topliss-reactive ketones (excluding diaryl/α,β-unsaturated/α-hetero) is 3. The first-order valence-electron chi connectivity index (χ1n) is 15.7. The highest BCUT2D eigenvalue weighted by Crippen LogP contribution is 2.39. The van der Waals surface area contributed by atoms with Gasteiger partial charge in [-0.3, -0.25) is 19.4 Å². The summed E-state index contributed by atoms with van der Waals surface area (Å²) in [7, 11) is 0.